The molecule has 4 nitrogen and oxygen atoms in total. The Morgan fingerprint density at radius 1 is 1.27 bits per heavy atom. The maximum atomic E-state index is 13.5. The van der Waals surface area contributed by atoms with Crippen LogP contribution in [0.2, 0.25) is 0 Å². The molecule has 0 N–H and O–H groups in total. The van der Waals surface area contributed by atoms with Crippen molar-refractivity contribution in [2.75, 3.05) is 0 Å². The van der Waals surface area contributed by atoms with Crippen LogP contribution in [-0.4, -0.2) is 22.6 Å². The van der Waals surface area contributed by atoms with Crippen molar-refractivity contribution in [3.8, 4) is 0 Å². The monoisotopic (exact) mass is 247 g/mol. The van der Waals surface area contributed by atoms with Gasteiger partial charge >= 0.3 is 0 Å². The second-order valence-corrected chi connectivity index (χ2v) is 3.71. The van der Waals surface area contributed by atoms with Crippen molar-refractivity contribution >= 4 is 45.8 Å². The van der Waals surface area contributed by atoms with Gasteiger partial charge in [0, 0.05) is 0 Å². The first-order valence-electron chi connectivity index (χ1n) is 3.98. The van der Waals surface area contributed by atoms with Crippen LogP contribution >= 0.6 is 23.2 Å². The van der Waals surface area contributed by atoms with Gasteiger partial charge in [-0.2, -0.15) is 4.99 Å². The van der Waals surface area contributed by atoms with Gasteiger partial charge in [0.2, 0.25) is 0 Å². The first-order chi connectivity index (χ1) is 7.00. The summed E-state index contributed by atoms with van der Waals surface area (Å²) >= 11 is 11.2. The van der Waals surface area contributed by atoms with Gasteiger partial charge in [0.15, 0.2) is 11.0 Å². The fourth-order valence-corrected chi connectivity index (χ4v) is 1.82. The zero-order chi connectivity index (χ0) is 11.2. The predicted molar refractivity (Wildman–Crippen MR) is 56.3 cm³/mol. The SMILES string of the molecule is CC1=NC(=O)C2C(Cl)=NC(Cl)=C(F)C2=N1. The topological polar surface area (TPSA) is 54.1 Å². The van der Waals surface area contributed by atoms with Crippen LogP contribution in [0, 0.1) is 5.92 Å². The molecule has 2 aliphatic heterocycles. The fraction of sp³-hybridized carbons (Fsp3) is 0.250. The summed E-state index contributed by atoms with van der Waals surface area (Å²) in [5, 5.41) is -0.501. The number of aliphatic imine (C=N–C) groups is 3. The molecule has 0 saturated carbocycles. The molecule has 2 aliphatic rings. The summed E-state index contributed by atoms with van der Waals surface area (Å²) in [5.74, 6) is -2.27. The fourth-order valence-electron chi connectivity index (χ4n) is 1.31. The number of nitrogens with zero attached hydrogens (tertiary/aromatic N) is 3. The van der Waals surface area contributed by atoms with Crippen LogP contribution in [0.5, 0.6) is 0 Å². The molecule has 0 spiro atoms. The van der Waals surface area contributed by atoms with Crippen molar-refractivity contribution in [1.29, 1.82) is 0 Å². The average molecular weight is 248 g/mol. The predicted octanol–water partition coefficient (Wildman–Crippen LogP) is 2.03. The van der Waals surface area contributed by atoms with E-state index >= 15 is 0 Å². The first-order valence-corrected chi connectivity index (χ1v) is 4.73. The standard InChI is InChI=1S/C8H4Cl2FN3O/c1-2-12-5-3(8(15)13-2)6(9)14-7(10)4(5)11/h3H,1H3. The second-order valence-electron chi connectivity index (χ2n) is 2.97. The highest BCUT2D eigenvalue weighted by atomic mass is 35.5. The Morgan fingerprint density at radius 3 is 2.60 bits per heavy atom. The smallest absolute Gasteiger partial charge is 0.263 e. The van der Waals surface area contributed by atoms with E-state index in [0.717, 1.165) is 0 Å². The molecule has 2 rings (SSSR count). The Morgan fingerprint density at radius 2 is 1.93 bits per heavy atom. The molecule has 0 radical (unpaired) electrons. The number of amidine groups is 1. The van der Waals surface area contributed by atoms with Crippen LogP contribution in [0.3, 0.4) is 0 Å². The van der Waals surface area contributed by atoms with E-state index in [2.05, 4.69) is 15.0 Å². The van der Waals surface area contributed by atoms with Crippen LogP contribution in [0.4, 0.5) is 4.39 Å². The summed E-state index contributed by atoms with van der Waals surface area (Å²) in [6.45, 7) is 1.49. The van der Waals surface area contributed by atoms with E-state index in [4.69, 9.17) is 23.2 Å². The second kappa shape index (κ2) is 3.50. The zero-order valence-corrected chi connectivity index (χ0v) is 8.97. The lowest BCUT2D eigenvalue weighted by Gasteiger charge is -2.20. The number of carbonyl (C=O) groups excluding carboxylic acids is 1. The Balaban J connectivity index is 2.60. The lowest BCUT2D eigenvalue weighted by molar-refractivity contribution is -0.118. The Hall–Kier alpha value is -1.07. The summed E-state index contributed by atoms with van der Waals surface area (Å²) in [6.07, 6.45) is 0. The average Bonchev–Trinajstić information content (AvgIpc) is 2.12. The van der Waals surface area contributed by atoms with Crippen molar-refractivity contribution < 1.29 is 9.18 Å². The van der Waals surface area contributed by atoms with Crippen LogP contribution in [0.15, 0.2) is 26.0 Å². The number of carbonyl (C=O) groups is 1. The van der Waals surface area contributed by atoms with E-state index in [0.29, 0.717) is 0 Å². The van der Waals surface area contributed by atoms with Crippen molar-refractivity contribution in [3.05, 3.63) is 11.0 Å². The molecule has 0 aromatic carbocycles. The maximum absolute atomic E-state index is 13.5. The van der Waals surface area contributed by atoms with Crippen LogP contribution in [0.25, 0.3) is 0 Å². The van der Waals surface area contributed by atoms with Crippen LogP contribution < -0.4 is 0 Å². The third kappa shape index (κ3) is 1.61. The van der Waals surface area contributed by atoms with E-state index in [-0.39, 0.29) is 16.7 Å². The van der Waals surface area contributed by atoms with Crippen molar-refractivity contribution in [1.82, 2.24) is 0 Å². The highest BCUT2D eigenvalue weighted by Crippen LogP contribution is 2.29. The molecule has 1 atom stereocenters. The molecule has 7 heteroatoms. The van der Waals surface area contributed by atoms with Crippen molar-refractivity contribution in [3.63, 3.8) is 0 Å². The summed E-state index contributed by atoms with van der Waals surface area (Å²) in [7, 11) is 0. The number of fused-ring (bicyclic) bond motifs is 1. The Labute approximate surface area is 94.2 Å². The number of hydrogen-bond donors (Lipinski definition) is 0. The van der Waals surface area contributed by atoms with E-state index in [1.807, 2.05) is 0 Å². The van der Waals surface area contributed by atoms with E-state index in [9.17, 15) is 9.18 Å². The molecule has 0 saturated heterocycles. The molecule has 0 aromatic rings. The molecule has 0 aromatic heterocycles. The third-order valence-electron chi connectivity index (χ3n) is 1.92. The van der Waals surface area contributed by atoms with Crippen molar-refractivity contribution in [2.45, 2.75) is 6.92 Å². The van der Waals surface area contributed by atoms with E-state index in [1.54, 1.807) is 0 Å². The molecule has 0 aliphatic carbocycles. The highest BCUT2D eigenvalue weighted by molar-refractivity contribution is 6.71. The molecule has 78 valence electrons. The number of halogens is 3. The van der Waals surface area contributed by atoms with E-state index in [1.165, 1.54) is 6.92 Å². The van der Waals surface area contributed by atoms with Crippen LogP contribution in [-0.2, 0) is 4.79 Å². The van der Waals surface area contributed by atoms with Gasteiger partial charge in [0.25, 0.3) is 5.91 Å². The molecule has 0 bridgehead atoms. The highest BCUT2D eigenvalue weighted by Gasteiger charge is 2.38. The molecular weight excluding hydrogens is 244 g/mol. The molecular formula is C8H4Cl2FN3O. The van der Waals surface area contributed by atoms with Gasteiger partial charge in [-0.3, -0.25) is 4.79 Å². The number of amides is 1. The summed E-state index contributed by atoms with van der Waals surface area (Å²) in [5.41, 5.74) is -0.113. The lowest BCUT2D eigenvalue weighted by atomic mass is 9.99. The van der Waals surface area contributed by atoms with Gasteiger partial charge in [-0.15, -0.1) is 0 Å². The van der Waals surface area contributed by atoms with Gasteiger partial charge in [-0.1, -0.05) is 23.2 Å². The van der Waals surface area contributed by atoms with Gasteiger partial charge in [0.05, 0.1) is 0 Å². The van der Waals surface area contributed by atoms with Gasteiger partial charge in [0.1, 0.15) is 22.6 Å². The summed E-state index contributed by atoms with van der Waals surface area (Å²) < 4.78 is 13.5. The number of allylic oxidation sites excluding steroid dienone is 1. The maximum Gasteiger partial charge on any atom is 0.263 e. The zero-order valence-electron chi connectivity index (χ0n) is 7.46. The molecule has 2 heterocycles. The molecule has 1 unspecified atom stereocenters. The largest absolute Gasteiger partial charge is 0.271 e. The Kier molecular flexibility index (Phi) is 2.44. The third-order valence-corrected chi connectivity index (χ3v) is 2.48. The molecule has 0 fully saturated rings. The number of rotatable bonds is 0. The summed E-state index contributed by atoms with van der Waals surface area (Å²) in [6, 6.07) is 0. The minimum absolute atomic E-state index is 0.110. The van der Waals surface area contributed by atoms with Gasteiger partial charge < -0.3 is 0 Å². The van der Waals surface area contributed by atoms with Gasteiger partial charge in [-0.05, 0) is 6.92 Å². The molecule has 1 amide bonds. The molecule has 15 heavy (non-hydrogen) atoms. The normalized spacial score (nSPS) is 25.7. The van der Waals surface area contributed by atoms with E-state index < -0.39 is 22.8 Å². The lowest BCUT2D eigenvalue weighted by Crippen LogP contribution is -2.35. The first kappa shape index (κ1) is 10.4. The quantitative estimate of drug-likeness (QED) is 0.605. The Bertz CT molecular complexity index is 478. The number of hydrogen-bond acceptors (Lipinski definition) is 3. The minimum atomic E-state index is -1.04. The van der Waals surface area contributed by atoms with Gasteiger partial charge in [-0.25, -0.2) is 14.4 Å². The van der Waals surface area contributed by atoms with Crippen LogP contribution in [0.1, 0.15) is 6.92 Å². The summed E-state index contributed by atoms with van der Waals surface area (Å²) in [4.78, 5) is 22.3. The minimum Gasteiger partial charge on any atom is -0.271 e. The van der Waals surface area contributed by atoms with Crippen molar-refractivity contribution in [2.24, 2.45) is 20.9 Å².